The van der Waals surface area contributed by atoms with Crippen molar-refractivity contribution in [2.75, 3.05) is 43.9 Å². The Morgan fingerprint density at radius 3 is 2.67 bits per heavy atom. The molecule has 0 aromatic heterocycles. The third kappa shape index (κ3) is 4.18. The molecule has 5 nitrogen and oxygen atoms in total. The Bertz CT molecular complexity index is 395. The van der Waals surface area contributed by atoms with E-state index in [0.717, 1.165) is 13.1 Å². The highest BCUT2D eigenvalue weighted by Crippen LogP contribution is 2.16. The van der Waals surface area contributed by atoms with Gasteiger partial charge in [0, 0.05) is 13.1 Å². The first-order chi connectivity index (χ1) is 8.25. The van der Waals surface area contributed by atoms with Crippen LogP contribution in [0.4, 0.5) is 11.4 Å². The van der Waals surface area contributed by atoms with Gasteiger partial charge in [0.05, 0.1) is 31.1 Å². The van der Waals surface area contributed by atoms with E-state index in [0.29, 0.717) is 31.1 Å². The molecule has 1 fully saturated rings. The van der Waals surface area contributed by atoms with Crippen molar-refractivity contribution in [2.45, 2.75) is 0 Å². The lowest BCUT2D eigenvalue weighted by Gasteiger charge is -2.25. The van der Waals surface area contributed by atoms with E-state index in [-0.39, 0.29) is 18.3 Å². The fraction of sp³-hybridized carbons (Fsp3) is 0.417. The van der Waals surface area contributed by atoms with Crippen LogP contribution in [0.5, 0.6) is 0 Å². The second kappa shape index (κ2) is 7.20. The molecule has 0 aliphatic carbocycles. The number of ether oxygens (including phenoxy) is 1. The van der Waals surface area contributed by atoms with Gasteiger partial charge in [-0.2, -0.15) is 0 Å². The average molecular weight is 272 g/mol. The van der Waals surface area contributed by atoms with E-state index >= 15 is 0 Å². The van der Waals surface area contributed by atoms with Crippen LogP contribution in [-0.2, 0) is 9.53 Å². The predicted molar refractivity (Wildman–Crippen MR) is 74.0 cm³/mol. The highest BCUT2D eigenvalue weighted by Gasteiger charge is 2.14. The molecule has 1 saturated heterocycles. The van der Waals surface area contributed by atoms with Crippen LogP contribution in [-0.4, -0.2) is 43.7 Å². The maximum atomic E-state index is 11.8. The number of nitrogens with one attached hydrogen (secondary N) is 1. The molecular formula is C12H18ClN3O2. The minimum absolute atomic E-state index is 0. The van der Waals surface area contributed by atoms with E-state index in [1.165, 1.54) is 0 Å². The monoisotopic (exact) mass is 271 g/mol. The number of amides is 1. The van der Waals surface area contributed by atoms with E-state index in [4.69, 9.17) is 10.5 Å². The van der Waals surface area contributed by atoms with Crippen LogP contribution in [0.1, 0.15) is 0 Å². The number of nitrogens with zero attached hydrogens (tertiary/aromatic N) is 1. The van der Waals surface area contributed by atoms with E-state index in [2.05, 4.69) is 10.2 Å². The largest absolute Gasteiger partial charge is 0.397 e. The van der Waals surface area contributed by atoms with Crippen molar-refractivity contribution in [1.29, 1.82) is 0 Å². The number of hydrogen-bond donors (Lipinski definition) is 2. The maximum absolute atomic E-state index is 11.8. The summed E-state index contributed by atoms with van der Waals surface area (Å²) in [6.07, 6.45) is 0. The highest BCUT2D eigenvalue weighted by atomic mass is 35.5. The minimum Gasteiger partial charge on any atom is -0.397 e. The summed E-state index contributed by atoms with van der Waals surface area (Å²) in [6, 6.07) is 7.25. The number of benzene rings is 1. The Labute approximate surface area is 113 Å². The molecule has 0 saturated carbocycles. The molecule has 18 heavy (non-hydrogen) atoms. The number of nitrogens with two attached hydrogens (primary N) is 1. The van der Waals surface area contributed by atoms with Gasteiger partial charge in [-0.05, 0) is 12.1 Å². The molecule has 100 valence electrons. The first kappa shape index (κ1) is 14.8. The van der Waals surface area contributed by atoms with Crippen molar-refractivity contribution in [3.05, 3.63) is 24.3 Å². The fourth-order valence-electron chi connectivity index (χ4n) is 1.76. The topological polar surface area (TPSA) is 67.6 Å². The van der Waals surface area contributed by atoms with Crippen LogP contribution in [0.3, 0.4) is 0 Å². The van der Waals surface area contributed by atoms with Gasteiger partial charge in [0.25, 0.3) is 0 Å². The minimum atomic E-state index is -0.0372. The molecule has 0 atom stereocenters. The maximum Gasteiger partial charge on any atom is 0.238 e. The van der Waals surface area contributed by atoms with E-state index in [1.54, 1.807) is 12.1 Å². The Hall–Kier alpha value is -1.30. The summed E-state index contributed by atoms with van der Waals surface area (Å²) < 4.78 is 5.23. The third-order valence-corrected chi connectivity index (χ3v) is 2.71. The van der Waals surface area contributed by atoms with Crippen LogP contribution in [0, 0.1) is 0 Å². The van der Waals surface area contributed by atoms with Crippen molar-refractivity contribution >= 4 is 29.7 Å². The van der Waals surface area contributed by atoms with Gasteiger partial charge in [-0.1, -0.05) is 12.1 Å². The Balaban J connectivity index is 0.00000162. The summed E-state index contributed by atoms with van der Waals surface area (Å²) in [5.41, 5.74) is 7.01. The molecule has 2 rings (SSSR count). The molecule has 1 amide bonds. The average Bonchev–Trinajstić information content (AvgIpc) is 2.33. The molecule has 0 spiro atoms. The molecule has 0 radical (unpaired) electrons. The number of morpholine rings is 1. The lowest BCUT2D eigenvalue weighted by Crippen LogP contribution is -2.41. The zero-order valence-corrected chi connectivity index (χ0v) is 10.9. The number of nitrogen functional groups attached to an aromatic ring is 1. The molecule has 1 aliphatic heterocycles. The van der Waals surface area contributed by atoms with Gasteiger partial charge in [-0.3, -0.25) is 9.69 Å². The number of carbonyl (C=O) groups excluding carboxylic acids is 1. The number of anilines is 2. The molecule has 1 heterocycles. The smallest absolute Gasteiger partial charge is 0.238 e. The van der Waals surface area contributed by atoms with Gasteiger partial charge in [-0.25, -0.2) is 0 Å². The highest BCUT2D eigenvalue weighted by molar-refractivity contribution is 5.95. The van der Waals surface area contributed by atoms with Gasteiger partial charge >= 0.3 is 0 Å². The normalized spacial score (nSPS) is 15.8. The molecule has 1 aromatic carbocycles. The van der Waals surface area contributed by atoms with E-state index < -0.39 is 0 Å². The lowest BCUT2D eigenvalue weighted by molar-refractivity contribution is -0.118. The standard InChI is InChI=1S/C12H17N3O2.ClH/c13-10-3-1-2-4-11(10)14-12(16)9-15-5-7-17-8-6-15;/h1-4H,5-9,13H2,(H,14,16);1H. The molecule has 6 heteroatoms. The molecule has 3 N–H and O–H groups in total. The Kier molecular flexibility index (Phi) is 5.91. The number of para-hydroxylation sites is 2. The summed E-state index contributed by atoms with van der Waals surface area (Å²) in [5, 5.41) is 2.81. The lowest BCUT2D eigenvalue weighted by atomic mass is 10.2. The number of halogens is 1. The molecule has 0 unspecified atom stereocenters. The van der Waals surface area contributed by atoms with E-state index in [1.807, 2.05) is 12.1 Å². The van der Waals surface area contributed by atoms with Gasteiger partial charge in [0.2, 0.25) is 5.91 Å². The fourth-order valence-corrected chi connectivity index (χ4v) is 1.76. The zero-order valence-electron chi connectivity index (χ0n) is 10.1. The number of carbonyl (C=O) groups is 1. The number of rotatable bonds is 3. The van der Waals surface area contributed by atoms with Crippen molar-refractivity contribution < 1.29 is 9.53 Å². The summed E-state index contributed by atoms with van der Waals surface area (Å²) in [5.74, 6) is -0.0372. The summed E-state index contributed by atoms with van der Waals surface area (Å²) in [4.78, 5) is 13.9. The Morgan fingerprint density at radius 2 is 2.00 bits per heavy atom. The molecule has 1 aliphatic rings. The summed E-state index contributed by atoms with van der Waals surface area (Å²) in [6.45, 7) is 3.38. The first-order valence-corrected chi connectivity index (χ1v) is 5.70. The van der Waals surface area contributed by atoms with Gasteiger partial charge in [-0.15, -0.1) is 12.4 Å². The first-order valence-electron chi connectivity index (χ1n) is 5.70. The van der Waals surface area contributed by atoms with Crippen LogP contribution in [0.25, 0.3) is 0 Å². The second-order valence-electron chi connectivity index (χ2n) is 4.02. The Morgan fingerprint density at radius 1 is 1.33 bits per heavy atom. The third-order valence-electron chi connectivity index (χ3n) is 2.71. The summed E-state index contributed by atoms with van der Waals surface area (Å²) >= 11 is 0. The molecule has 1 aromatic rings. The van der Waals surface area contributed by atoms with Crippen molar-refractivity contribution in [3.8, 4) is 0 Å². The van der Waals surface area contributed by atoms with Crippen LogP contribution in [0.2, 0.25) is 0 Å². The van der Waals surface area contributed by atoms with Crippen LogP contribution in [0.15, 0.2) is 24.3 Å². The van der Waals surface area contributed by atoms with E-state index in [9.17, 15) is 4.79 Å². The van der Waals surface area contributed by atoms with Crippen molar-refractivity contribution in [1.82, 2.24) is 4.90 Å². The SMILES string of the molecule is Cl.Nc1ccccc1NC(=O)CN1CCOCC1. The van der Waals surface area contributed by atoms with Gasteiger partial charge < -0.3 is 15.8 Å². The number of hydrogen-bond acceptors (Lipinski definition) is 4. The molecule has 0 bridgehead atoms. The zero-order chi connectivity index (χ0) is 12.1. The summed E-state index contributed by atoms with van der Waals surface area (Å²) in [7, 11) is 0. The van der Waals surface area contributed by atoms with Gasteiger partial charge in [0.1, 0.15) is 0 Å². The van der Waals surface area contributed by atoms with Crippen LogP contribution >= 0.6 is 12.4 Å². The second-order valence-corrected chi connectivity index (χ2v) is 4.02. The predicted octanol–water partition coefficient (Wildman–Crippen LogP) is 0.961. The van der Waals surface area contributed by atoms with Crippen LogP contribution < -0.4 is 11.1 Å². The van der Waals surface area contributed by atoms with Crippen molar-refractivity contribution in [3.63, 3.8) is 0 Å². The quantitative estimate of drug-likeness (QED) is 0.804. The van der Waals surface area contributed by atoms with Gasteiger partial charge in [0.15, 0.2) is 0 Å². The van der Waals surface area contributed by atoms with Crippen molar-refractivity contribution in [2.24, 2.45) is 0 Å². The molecular weight excluding hydrogens is 254 g/mol.